The third-order valence-corrected chi connectivity index (χ3v) is 5.04. The fourth-order valence-electron chi connectivity index (χ4n) is 3.54. The molecule has 1 fully saturated rings. The van der Waals surface area contributed by atoms with Gasteiger partial charge in [0.25, 0.3) is 0 Å². The molecule has 0 unspecified atom stereocenters. The van der Waals surface area contributed by atoms with Gasteiger partial charge >= 0.3 is 0 Å². The van der Waals surface area contributed by atoms with Crippen molar-refractivity contribution >= 4 is 29.0 Å². The molecule has 1 aromatic heterocycles. The van der Waals surface area contributed by atoms with Gasteiger partial charge in [0.2, 0.25) is 5.91 Å². The number of morpholine rings is 1. The van der Waals surface area contributed by atoms with Gasteiger partial charge in [0.1, 0.15) is 0 Å². The topological polar surface area (TPSA) is 104 Å². The first-order chi connectivity index (χ1) is 14.9. The average Bonchev–Trinajstić information content (AvgIpc) is 2.75. The maximum Gasteiger partial charge on any atom is 0.248 e. The highest BCUT2D eigenvalue weighted by molar-refractivity contribution is 6.22. The van der Waals surface area contributed by atoms with Crippen LogP contribution in [-0.2, 0) is 16.1 Å². The summed E-state index contributed by atoms with van der Waals surface area (Å²) in [5.41, 5.74) is 11.0. The van der Waals surface area contributed by atoms with Gasteiger partial charge in [0.15, 0.2) is 0 Å². The molecule has 7 heteroatoms. The fraction of sp³-hybridized carbons (Fsp3) is 0.292. The van der Waals surface area contributed by atoms with Gasteiger partial charge in [-0.2, -0.15) is 0 Å². The largest absolute Gasteiger partial charge is 0.402 e. The normalized spacial score (nSPS) is 15.5. The van der Waals surface area contributed by atoms with Crippen LogP contribution in [0.5, 0.6) is 0 Å². The van der Waals surface area contributed by atoms with Crippen molar-refractivity contribution in [3.63, 3.8) is 0 Å². The number of carbonyl (C=O) groups excluding carboxylic acids is 1. The van der Waals surface area contributed by atoms with E-state index >= 15 is 0 Å². The van der Waals surface area contributed by atoms with Crippen LogP contribution < -0.4 is 11.1 Å². The highest BCUT2D eigenvalue weighted by Gasteiger charge is 2.12. The molecule has 7 nitrogen and oxygen atoms in total. The van der Waals surface area contributed by atoms with Crippen molar-refractivity contribution in [1.29, 1.82) is 5.41 Å². The average molecular weight is 420 g/mol. The van der Waals surface area contributed by atoms with E-state index in [0.29, 0.717) is 17.0 Å². The molecule has 0 radical (unpaired) electrons. The quantitative estimate of drug-likeness (QED) is 0.472. The number of carbonyl (C=O) groups is 1. The van der Waals surface area contributed by atoms with Crippen LogP contribution in [0.4, 0.5) is 5.69 Å². The lowest BCUT2D eigenvalue weighted by molar-refractivity contribution is -0.111. The summed E-state index contributed by atoms with van der Waals surface area (Å²) in [5.74, 6) is -0.239. The standard InChI is InChI=1S/C24H29N5O2/c1-17(25)24(18(2)26)22-9-10-27-15-20(22)5-8-23(30)28-21-6-3-19(4-7-21)16-29-11-13-31-14-12-29/h3-10,15,25H,11-14,16,26H2,1-2H3,(H,28,30)/b8-5+,24-18+,25-17?. The maximum absolute atomic E-state index is 12.4. The van der Waals surface area contributed by atoms with Gasteiger partial charge in [-0.1, -0.05) is 12.1 Å². The van der Waals surface area contributed by atoms with Crippen LogP contribution in [0.15, 0.2) is 54.5 Å². The number of nitrogens with zero attached hydrogens (tertiary/aromatic N) is 2. The Morgan fingerprint density at radius 1 is 1.23 bits per heavy atom. The second-order valence-corrected chi connectivity index (χ2v) is 7.55. The number of pyridine rings is 1. The van der Waals surface area contributed by atoms with Crippen LogP contribution in [-0.4, -0.2) is 47.8 Å². The maximum atomic E-state index is 12.4. The third kappa shape index (κ3) is 6.34. The van der Waals surface area contributed by atoms with Gasteiger partial charge in [-0.15, -0.1) is 0 Å². The number of nitrogens with one attached hydrogen (secondary N) is 2. The first-order valence-corrected chi connectivity index (χ1v) is 10.3. The Balaban J connectivity index is 1.65. The van der Waals surface area contributed by atoms with Gasteiger partial charge in [-0.3, -0.25) is 14.7 Å². The van der Waals surface area contributed by atoms with E-state index in [9.17, 15) is 4.79 Å². The number of hydrogen-bond donors (Lipinski definition) is 3. The molecule has 3 rings (SSSR count). The number of aromatic nitrogens is 1. The van der Waals surface area contributed by atoms with Crippen molar-refractivity contribution in [1.82, 2.24) is 9.88 Å². The molecule has 0 aliphatic carbocycles. The van der Waals surface area contributed by atoms with Crippen molar-refractivity contribution in [3.05, 3.63) is 71.2 Å². The Morgan fingerprint density at radius 3 is 2.58 bits per heavy atom. The van der Waals surface area contributed by atoms with Crippen LogP contribution in [0.3, 0.4) is 0 Å². The summed E-state index contributed by atoms with van der Waals surface area (Å²) in [6.45, 7) is 7.77. The Hall–Kier alpha value is -3.29. The molecule has 1 aromatic carbocycles. The zero-order valence-electron chi connectivity index (χ0n) is 18.0. The summed E-state index contributed by atoms with van der Waals surface area (Å²) >= 11 is 0. The Labute approximate surface area is 183 Å². The molecular weight excluding hydrogens is 390 g/mol. The van der Waals surface area contributed by atoms with Crippen LogP contribution in [0.1, 0.15) is 30.5 Å². The molecule has 1 saturated heterocycles. The summed E-state index contributed by atoms with van der Waals surface area (Å²) in [7, 11) is 0. The minimum Gasteiger partial charge on any atom is -0.402 e. The minimum atomic E-state index is -0.239. The lowest BCUT2D eigenvalue weighted by atomic mass is 9.96. The zero-order valence-corrected chi connectivity index (χ0v) is 18.0. The number of benzene rings is 1. The van der Waals surface area contributed by atoms with Crippen molar-refractivity contribution in [2.75, 3.05) is 31.6 Å². The molecule has 0 bridgehead atoms. The van der Waals surface area contributed by atoms with Crippen molar-refractivity contribution in [3.8, 4) is 0 Å². The molecule has 1 aliphatic heterocycles. The fourth-order valence-corrected chi connectivity index (χ4v) is 3.54. The highest BCUT2D eigenvalue weighted by atomic mass is 16.5. The van der Waals surface area contributed by atoms with E-state index < -0.39 is 0 Å². The number of rotatable bonds is 7. The molecule has 162 valence electrons. The second-order valence-electron chi connectivity index (χ2n) is 7.55. The molecular formula is C24H29N5O2. The summed E-state index contributed by atoms with van der Waals surface area (Å²) in [5, 5.41) is 10.9. The highest BCUT2D eigenvalue weighted by Crippen LogP contribution is 2.22. The van der Waals surface area contributed by atoms with Gasteiger partial charge < -0.3 is 21.2 Å². The second kappa shape index (κ2) is 10.7. The summed E-state index contributed by atoms with van der Waals surface area (Å²) in [6, 6.07) is 9.68. The van der Waals surface area contributed by atoms with E-state index in [4.69, 9.17) is 15.9 Å². The molecule has 4 N–H and O–H groups in total. The monoisotopic (exact) mass is 419 g/mol. The number of anilines is 1. The first-order valence-electron chi connectivity index (χ1n) is 10.3. The number of allylic oxidation sites excluding steroid dienone is 2. The zero-order chi connectivity index (χ0) is 22.2. The van der Waals surface area contributed by atoms with E-state index in [2.05, 4.69) is 15.2 Å². The third-order valence-electron chi connectivity index (χ3n) is 5.04. The summed E-state index contributed by atoms with van der Waals surface area (Å²) in [4.78, 5) is 18.9. The number of ether oxygens (including phenoxy) is 1. The van der Waals surface area contributed by atoms with E-state index in [1.807, 2.05) is 24.3 Å². The lowest BCUT2D eigenvalue weighted by Crippen LogP contribution is -2.35. The Bertz CT molecular complexity index is 985. The van der Waals surface area contributed by atoms with Crippen LogP contribution >= 0.6 is 0 Å². The molecule has 1 aliphatic rings. The van der Waals surface area contributed by atoms with Gasteiger partial charge in [-0.05, 0) is 49.2 Å². The van der Waals surface area contributed by atoms with Gasteiger partial charge in [-0.25, -0.2) is 0 Å². The molecule has 0 spiro atoms. The van der Waals surface area contributed by atoms with Crippen LogP contribution in [0, 0.1) is 5.41 Å². The Kier molecular flexibility index (Phi) is 7.70. The SMILES string of the molecule is CC(=N)/C(=C(/C)N)c1ccncc1/C=C/C(=O)Nc1ccc(CN2CCOCC2)cc1. The van der Waals surface area contributed by atoms with Gasteiger partial charge in [0.05, 0.1) is 13.2 Å². The lowest BCUT2D eigenvalue weighted by Gasteiger charge is -2.26. The smallest absolute Gasteiger partial charge is 0.248 e. The van der Waals surface area contributed by atoms with Crippen LogP contribution in [0.2, 0.25) is 0 Å². The number of amides is 1. The van der Waals surface area contributed by atoms with Gasteiger partial charge in [0, 0.05) is 66.3 Å². The van der Waals surface area contributed by atoms with E-state index in [0.717, 1.165) is 49.7 Å². The predicted octanol–water partition coefficient (Wildman–Crippen LogP) is 3.30. The van der Waals surface area contributed by atoms with Crippen LogP contribution in [0.25, 0.3) is 11.6 Å². The molecule has 0 saturated carbocycles. The summed E-state index contributed by atoms with van der Waals surface area (Å²) < 4.78 is 5.38. The minimum absolute atomic E-state index is 0.239. The van der Waals surface area contributed by atoms with E-state index in [1.54, 1.807) is 38.4 Å². The first kappa shape index (κ1) is 22.4. The number of nitrogens with two attached hydrogens (primary N) is 1. The molecule has 31 heavy (non-hydrogen) atoms. The van der Waals surface area contributed by atoms with Crippen molar-refractivity contribution in [2.45, 2.75) is 20.4 Å². The van der Waals surface area contributed by atoms with Crippen molar-refractivity contribution in [2.24, 2.45) is 5.73 Å². The Morgan fingerprint density at radius 2 is 1.94 bits per heavy atom. The molecule has 2 aromatic rings. The summed E-state index contributed by atoms with van der Waals surface area (Å²) in [6.07, 6.45) is 6.46. The predicted molar refractivity (Wildman–Crippen MR) is 125 cm³/mol. The van der Waals surface area contributed by atoms with E-state index in [1.165, 1.54) is 11.6 Å². The molecule has 1 amide bonds. The molecule has 0 atom stereocenters. The van der Waals surface area contributed by atoms with E-state index in [-0.39, 0.29) is 5.91 Å². The van der Waals surface area contributed by atoms with Crippen molar-refractivity contribution < 1.29 is 9.53 Å². The molecule has 2 heterocycles. The number of hydrogen-bond acceptors (Lipinski definition) is 6.